The van der Waals surface area contributed by atoms with Gasteiger partial charge in [0, 0.05) is 9.50 Å². The summed E-state index contributed by atoms with van der Waals surface area (Å²) in [5.74, 6) is -0.428. The zero-order chi connectivity index (χ0) is 25.0. The summed E-state index contributed by atoms with van der Waals surface area (Å²) in [7, 11) is 0. The van der Waals surface area contributed by atoms with Crippen LogP contribution in [0.4, 0.5) is 10.5 Å². The summed E-state index contributed by atoms with van der Waals surface area (Å²) in [5, 5.41) is 7.20. The predicted octanol–water partition coefficient (Wildman–Crippen LogP) is 6.27. The lowest BCUT2D eigenvalue weighted by molar-refractivity contribution is -0.119. The van der Waals surface area contributed by atoms with E-state index in [1.807, 2.05) is 42.5 Å². The summed E-state index contributed by atoms with van der Waals surface area (Å²) >= 11 is 9.50. The van der Waals surface area contributed by atoms with Crippen molar-refractivity contribution in [2.75, 3.05) is 24.6 Å². The summed E-state index contributed by atoms with van der Waals surface area (Å²) < 4.78 is 6.01. The van der Waals surface area contributed by atoms with Crippen LogP contribution < -0.4 is 4.90 Å². The molecular formula is C27H25BrClN3O3. The molecule has 8 heteroatoms. The highest BCUT2D eigenvalue weighted by Crippen LogP contribution is 2.35. The molecule has 0 aliphatic carbocycles. The molecule has 1 aliphatic heterocycles. The van der Waals surface area contributed by atoms with E-state index >= 15 is 0 Å². The Balaban J connectivity index is 1.66. The van der Waals surface area contributed by atoms with Crippen molar-refractivity contribution in [3.8, 4) is 0 Å². The highest BCUT2D eigenvalue weighted by molar-refractivity contribution is 9.10. The highest BCUT2D eigenvalue weighted by Gasteiger charge is 2.42. The van der Waals surface area contributed by atoms with Gasteiger partial charge < -0.3 is 4.74 Å². The van der Waals surface area contributed by atoms with Gasteiger partial charge in [-0.25, -0.2) is 9.69 Å². The number of nitrogens with zero attached hydrogens (tertiary/aromatic N) is 3. The van der Waals surface area contributed by atoms with Gasteiger partial charge in [0.15, 0.2) is 0 Å². The van der Waals surface area contributed by atoms with Crippen molar-refractivity contribution in [3.63, 3.8) is 0 Å². The van der Waals surface area contributed by atoms with E-state index in [-0.39, 0.29) is 13.2 Å². The molecule has 3 aromatic carbocycles. The summed E-state index contributed by atoms with van der Waals surface area (Å²) in [6.45, 7) is 4.36. The Morgan fingerprint density at radius 3 is 2.34 bits per heavy atom. The zero-order valence-electron chi connectivity index (χ0n) is 19.4. The van der Waals surface area contributed by atoms with Crippen LogP contribution in [0.1, 0.15) is 25.0 Å². The molecule has 3 aromatic rings. The van der Waals surface area contributed by atoms with Crippen LogP contribution in [0.2, 0.25) is 5.02 Å². The van der Waals surface area contributed by atoms with E-state index in [1.165, 1.54) is 0 Å². The Hall–Kier alpha value is -3.16. The lowest BCUT2D eigenvalue weighted by Crippen LogP contribution is -2.44. The molecule has 1 unspecified atom stereocenters. The predicted molar refractivity (Wildman–Crippen MR) is 142 cm³/mol. The van der Waals surface area contributed by atoms with Gasteiger partial charge in [-0.15, -0.1) is 0 Å². The molecule has 0 fully saturated rings. The van der Waals surface area contributed by atoms with Crippen LogP contribution in [0.3, 0.4) is 0 Å². The number of hydrazone groups is 1. The fourth-order valence-electron chi connectivity index (χ4n) is 4.19. The SMILES string of the molecule is CCOC(=O)N(C(=O)CN1CC(C)(c2ccccc2)C(c2ccc(Cl)cc2)=N1)c1ccc(Br)cc1. The molecule has 0 spiro atoms. The number of rotatable bonds is 6. The van der Waals surface area contributed by atoms with Gasteiger partial charge >= 0.3 is 6.09 Å². The molecule has 0 N–H and O–H groups in total. The highest BCUT2D eigenvalue weighted by atomic mass is 79.9. The Morgan fingerprint density at radius 1 is 1.06 bits per heavy atom. The summed E-state index contributed by atoms with van der Waals surface area (Å²) in [5.41, 5.74) is 2.80. The first-order valence-corrected chi connectivity index (χ1v) is 12.4. The molecular weight excluding hydrogens is 530 g/mol. The second-order valence-corrected chi connectivity index (χ2v) is 9.73. The minimum absolute atomic E-state index is 0.0889. The zero-order valence-corrected chi connectivity index (χ0v) is 21.8. The molecule has 0 saturated heterocycles. The number of amides is 2. The summed E-state index contributed by atoms with van der Waals surface area (Å²) in [4.78, 5) is 27.2. The molecule has 4 rings (SSSR count). The van der Waals surface area contributed by atoms with Crippen molar-refractivity contribution in [3.05, 3.63) is 99.5 Å². The minimum atomic E-state index is -0.716. The monoisotopic (exact) mass is 553 g/mol. The first kappa shape index (κ1) is 24.9. The molecule has 0 saturated carbocycles. The van der Waals surface area contributed by atoms with Crippen LogP contribution >= 0.6 is 27.5 Å². The van der Waals surface area contributed by atoms with Gasteiger partial charge in [-0.2, -0.15) is 5.10 Å². The topological polar surface area (TPSA) is 62.2 Å². The quantitative estimate of drug-likeness (QED) is 0.360. The largest absolute Gasteiger partial charge is 0.449 e. The maximum atomic E-state index is 13.4. The number of ether oxygens (including phenoxy) is 1. The maximum Gasteiger partial charge on any atom is 0.421 e. The van der Waals surface area contributed by atoms with Gasteiger partial charge in [-0.1, -0.05) is 70.0 Å². The molecule has 0 aromatic heterocycles. The van der Waals surface area contributed by atoms with Crippen LogP contribution in [0.25, 0.3) is 0 Å². The molecule has 2 amide bonds. The number of hydrogen-bond acceptors (Lipinski definition) is 5. The van der Waals surface area contributed by atoms with Crippen LogP contribution in [-0.4, -0.2) is 42.4 Å². The first-order chi connectivity index (χ1) is 16.8. The number of imide groups is 1. The van der Waals surface area contributed by atoms with Gasteiger partial charge in [0.2, 0.25) is 0 Å². The molecule has 0 bridgehead atoms. The number of carbonyl (C=O) groups is 2. The molecule has 1 heterocycles. The van der Waals surface area contributed by atoms with Crippen LogP contribution in [-0.2, 0) is 14.9 Å². The molecule has 180 valence electrons. The molecule has 35 heavy (non-hydrogen) atoms. The Labute approximate surface area is 218 Å². The standard InChI is InChI=1S/C27H25BrClN3O3/c1-3-35-26(34)32(23-15-11-21(28)12-16-23)24(33)17-31-18-27(2,20-7-5-4-6-8-20)25(30-31)19-9-13-22(29)14-10-19/h4-16H,3,17-18H2,1-2H3. The third kappa shape index (κ3) is 5.41. The van der Waals surface area contributed by atoms with Gasteiger partial charge in [0.05, 0.1) is 30.0 Å². The van der Waals surface area contributed by atoms with Gasteiger partial charge in [0.25, 0.3) is 5.91 Å². The number of halogens is 2. The van der Waals surface area contributed by atoms with E-state index in [0.717, 1.165) is 26.2 Å². The minimum Gasteiger partial charge on any atom is -0.449 e. The van der Waals surface area contributed by atoms with Crippen LogP contribution in [0.5, 0.6) is 0 Å². The molecule has 1 atom stereocenters. The van der Waals surface area contributed by atoms with E-state index < -0.39 is 17.4 Å². The van der Waals surface area contributed by atoms with Crippen molar-refractivity contribution in [1.29, 1.82) is 0 Å². The number of benzene rings is 3. The van der Waals surface area contributed by atoms with Gasteiger partial charge in [-0.3, -0.25) is 9.80 Å². The Morgan fingerprint density at radius 2 is 1.71 bits per heavy atom. The molecule has 6 nitrogen and oxygen atoms in total. The number of anilines is 1. The van der Waals surface area contributed by atoms with Gasteiger partial charge in [0.1, 0.15) is 6.54 Å². The molecule has 0 radical (unpaired) electrons. The van der Waals surface area contributed by atoms with Crippen LogP contribution in [0, 0.1) is 0 Å². The first-order valence-electron chi connectivity index (χ1n) is 11.2. The second-order valence-electron chi connectivity index (χ2n) is 8.38. The summed E-state index contributed by atoms with van der Waals surface area (Å²) in [6.07, 6.45) is -0.716. The van der Waals surface area contributed by atoms with Crippen molar-refractivity contribution < 1.29 is 14.3 Å². The molecule has 1 aliphatic rings. The van der Waals surface area contributed by atoms with E-state index in [9.17, 15) is 9.59 Å². The van der Waals surface area contributed by atoms with Crippen molar-refractivity contribution >= 4 is 50.9 Å². The maximum absolute atomic E-state index is 13.4. The van der Waals surface area contributed by atoms with E-state index in [2.05, 4.69) is 35.0 Å². The lowest BCUT2D eigenvalue weighted by Gasteiger charge is -2.28. The Kier molecular flexibility index (Phi) is 7.57. The van der Waals surface area contributed by atoms with Crippen molar-refractivity contribution in [2.45, 2.75) is 19.3 Å². The van der Waals surface area contributed by atoms with E-state index in [0.29, 0.717) is 17.3 Å². The number of carbonyl (C=O) groups excluding carboxylic acids is 2. The average Bonchev–Trinajstić information content (AvgIpc) is 3.18. The van der Waals surface area contributed by atoms with E-state index in [4.69, 9.17) is 21.4 Å². The lowest BCUT2D eigenvalue weighted by atomic mass is 9.76. The van der Waals surface area contributed by atoms with Crippen molar-refractivity contribution in [2.24, 2.45) is 5.10 Å². The second kappa shape index (κ2) is 10.6. The van der Waals surface area contributed by atoms with Crippen molar-refractivity contribution in [1.82, 2.24) is 5.01 Å². The normalized spacial score (nSPS) is 17.1. The fraction of sp³-hybridized carbons (Fsp3) is 0.222. The Bertz CT molecular complexity index is 1230. The summed E-state index contributed by atoms with van der Waals surface area (Å²) in [6, 6.07) is 24.5. The van der Waals surface area contributed by atoms with Crippen LogP contribution in [0.15, 0.2) is 88.4 Å². The van der Waals surface area contributed by atoms with Gasteiger partial charge in [-0.05, 0) is 61.4 Å². The fourth-order valence-corrected chi connectivity index (χ4v) is 4.58. The third-order valence-electron chi connectivity index (χ3n) is 5.89. The number of hydrogen-bond donors (Lipinski definition) is 0. The smallest absolute Gasteiger partial charge is 0.421 e. The average molecular weight is 555 g/mol. The third-order valence-corrected chi connectivity index (χ3v) is 6.67. The van der Waals surface area contributed by atoms with E-state index in [1.54, 1.807) is 36.2 Å².